The SMILES string of the molecule is CCCOc1ccc(/C=N\NC(=O)CSc2nnc(-c3ccc(C)cc3)n2-c2ccc(OC)cc2)cc1. The van der Waals surface area contributed by atoms with Crippen molar-refractivity contribution in [3.05, 3.63) is 83.9 Å². The lowest BCUT2D eigenvalue weighted by molar-refractivity contribution is -0.118. The maximum absolute atomic E-state index is 12.5. The highest BCUT2D eigenvalue weighted by Crippen LogP contribution is 2.29. The number of methoxy groups -OCH3 is 1. The van der Waals surface area contributed by atoms with E-state index < -0.39 is 0 Å². The van der Waals surface area contributed by atoms with Crippen molar-refractivity contribution in [2.24, 2.45) is 5.10 Å². The summed E-state index contributed by atoms with van der Waals surface area (Å²) >= 11 is 1.29. The molecule has 0 fully saturated rings. The molecule has 0 aliphatic heterocycles. The van der Waals surface area contributed by atoms with Gasteiger partial charge in [-0.3, -0.25) is 9.36 Å². The minimum Gasteiger partial charge on any atom is -0.497 e. The van der Waals surface area contributed by atoms with Crippen LogP contribution in [0.1, 0.15) is 24.5 Å². The molecule has 3 aromatic carbocycles. The number of benzene rings is 3. The van der Waals surface area contributed by atoms with Crippen LogP contribution in [0.4, 0.5) is 0 Å². The number of nitrogens with zero attached hydrogens (tertiary/aromatic N) is 4. The number of hydrazone groups is 1. The second-order valence-electron chi connectivity index (χ2n) is 8.20. The molecule has 0 atom stereocenters. The van der Waals surface area contributed by atoms with Gasteiger partial charge in [0.2, 0.25) is 0 Å². The van der Waals surface area contributed by atoms with Crippen molar-refractivity contribution in [2.75, 3.05) is 19.5 Å². The molecule has 1 amide bonds. The Morgan fingerprint density at radius 2 is 1.70 bits per heavy atom. The molecule has 0 unspecified atom stereocenters. The second-order valence-corrected chi connectivity index (χ2v) is 9.15. The first-order valence-corrected chi connectivity index (χ1v) is 12.9. The molecular formula is C28H29N5O3S. The number of carbonyl (C=O) groups is 1. The van der Waals surface area contributed by atoms with E-state index in [0.717, 1.165) is 40.3 Å². The standard InChI is InChI=1S/C28H29N5O3S/c1-4-17-36-25-13-7-21(8-14-25)18-29-30-26(34)19-37-28-32-31-27(22-9-5-20(2)6-10-22)33(28)23-11-15-24(35-3)16-12-23/h5-16,18H,4,17,19H2,1-3H3,(H,30,34)/b29-18-. The Labute approximate surface area is 220 Å². The van der Waals surface area contributed by atoms with Gasteiger partial charge in [-0.15, -0.1) is 10.2 Å². The third kappa shape index (κ3) is 6.98. The molecule has 8 nitrogen and oxygen atoms in total. The van der Waals surface area contributed by atoms with Crippen LogP contribution in [0.25, 0.3) is 17.1 Å². The van der Waals surface area contributed by atoms with E-state index in [4.69, 9.17) is 9.47 Å². The summed E-state index contributed by atoms with van der Waals surface area (Å²) in [7, 11) is 1.63. The van der Waals surface area contributed by atoms with Gasteiger partial charge >= 0.3 is 0 Å². The Kier molecular flexibility index (Phi) is 8.93. The van der Waals surface area contributed by atoms with Crippen LogP contribution < -0.4 is 14.9 Å². The van der Waals surface area contributed by atoms with Crippen LogP contribution in [0, 0.1) is 6.92 Å². The summed E-state index contributed by atoms with van der Waals surface area (Å²) < 4.78 is 12.8. The molecule has 9 heteroatoms. The van der Waals surface area contributed by atoms with Crippen molar-refractivity contribution >= 4 is 23.9 Å². The summed E-state index contributed by atoms with van der Waals surface area (Å²) in [6.45, 7) is 4.78. The topological polar surface area (TPSA) is 90.6 Å². The van der Waals surface area contributed by atoms with Crippen LogP contribution in [0.15, 0.2) is 83.1 Å². The molecule has 1 heterocycles. The van der Waals surface area contributed by atoms with E-state index in [2.05, 4.69) is 27.6 Å². The van der Waals surface area contributed by atoms with E-state index in [9.17, 15) is 4.79 Å². The van der Waals surface area contributed by atoms with Crippen molar-refractivity contribution in [2.45, 2.75) is 25.4 Å². The van der Waals surface area contributed by atoms with E-state index in [-0.39, 0.29) is 11.7 Å². The molecule has 1 aromatic heterocycles. The highest BCUT2D eigenvalue weighted by Gasteiger charge is 2.17. The monoisotopic (exact) mass is 515 g/mol. The predicted octanol–water partition coefficient (Wildman–Crippen LogP) is 5.28. The van der Waals surface area contributed by atoms with Crippen molar-refractivity contribution < 1.29 is 14.3 Å². The number of ether oxygens (including phenoxy) is 2. The number of carbonyl (C=O) groups excluding carboxylic acids is 1. The number of nitrogens with one attached hydrogen (secondary N) is 1. The highest BCUT2D eigenvalue weighted by atomic mass is 32.2. The molecular weight excluding hydrogens is 486 g/mol. The molecule has 37 heavy (non-hydrogen) atoms. The average Bonchev–Trinajstić information content (AvgIpc) is 3.36. The maximum atomic E-state index is 12.5. The third-order valence-electron chi connectivity index (χ3n) is 5.36. The number of aryl methyl sites for hydroxylation is 1. The van der Waals surface area contributed by atoms with Crippen molar-refractivity contribution in [1.82, 2.24) is 20.2 Å². The van der Waals surface area contributed by atoms with Gasteiger partial charge in [0.25, 0.3) is 5.91 Å². The van der Waals surface area contributed by atoms with Gasteiger partial charge in [-0.2, -0.15) is 5.10 Å². The molecule has 0 aliphatic rings. The molecule has 1 N–H and O–H groups in total. The van der Waals surface area contributed by atoms with Crippen LogP contribution in [-0.2, 0) is 4.79 Å². The van der Waals surface area contributed by atoms with E-state index in [0.29, 0.717) is 17.6 Å². The first-order valence-electron chi connectivity index (χ1n) is 11.9. The number of amides is 1. The Morgan fingerprint density at radius 1 is 1.00 bits per heavy atom. The summed E-state index contributed by atoms with van der Waals surface area (Å²) in [6, 6.07) is 23.3. The summed E-state index contributed by atoms with van der Waals surface area (Å²) in [5.74, 6) is 2.14. The fourth-order valence-electron chi connectivity index (χ4n) is 3.43. The summed E-state index contributed by atoms with van der Waals surface area (Å²) in [4.78, 5) is 12.5. The lowest BCUT2D eigenvalue weighted by Crippen LogP contribution is -2.20. The first-order chi connectivity index (χ1) is 18.1. The Balaban J connectivity index is 1.44. The van der Waals surface area contributed by atoms with Crippen molar-refractivity contribution in [3.8, 4) is 28.6 Å². The zero-order valence-electron chi connectivity index (χ0n) is 21.0. The van der Waals surface area contributed by atoms with Gasteiger partial charge in [0.15, 0.2) is 11.0 Å². The third-order valence-corrected chi connectivity index (χ3v) is 6.29. The number of aromatic nitrogens is 3. The van der Waals surface area contributed by atoms with E-state index in [1.807, 2.05) is 84.3 Å². The van der Waals surface area contributed by atoms with Crippen LogP contribution in [0.3, 0.4) is 0 Å². The molecule has 0 radical (unpaired) electrons. The van der Waals surface area contributed by atoms with Gasteiger partial charge in [0.1, 0.15) is 11.5 Å². The Morgan fingerprint density at radius 3 is 2.38 bits per heavy atom. The first kappa shape index (κ1) is 26.0. The zero-order chi connectivity index (χ0) is 26.0. The summed E-state index contributed by atoms with van der Waals surface area (Å²) in [5, 5.41) is 13.5. The zero-order valence-corrected chi connectivity index (χ0v) is 21.9. The van der Waals surface area contributed by atoms with Crippen molar-refractivity contribution in [1.29, 1.82) is 0 Å². The summed E-state index contributed by atoms with van der Waals surface area (Å²) in [6.07, 6.45) is 2.55. The fourth-order valence-corrected chi connectivity index (χ4v) is 4.17. The van der Waals surface area contributed by atoms with E-state index in [1.165, 1.54) is 11.8 Å². The minimum atomic E-state index is -0.245. The van der Waals surface area contributed by atoms with Crippen LogP contribution >= 0.6 is 11.8 Å². The number of thioether (sulfide) groups is 1. The average molecular weight is 516 g/mol. The highest BCUT2D eigenvalue weighted by molar-refractivity contribution is 7.99. The van der Waals surface area contributed by atoms with Gasteiger partial charge in [-0.05, 0) is 67.4 Å². The molecule has 0 bridgehead atoms. The molecule has 4 aromatic rings. The largest absolute Gasteiger partial charge is 0.497 e. The molecule has 0 saturated heterocycles. The number of rotatable bonds is 11. The predicted molar refractivity (Wildman–Crippen MR) is 147 cm³/mol. The van der Waals surface area contributed by atoms with Gasteiger partial charge in [0, 0.05) is 11.3 Å². The normalized spacial score (nSPS) is 11.0. The molecule has 4 rings (SSSR count). The van der Waals surface area contributed by atoms with Crippen LogP contribution in [-0.4, -0.2) is 46.4 Å². The quantitative estimate of drug-likeness (QED) is 0.166. The Bertz CT molecular complexity index is 1330. The van der Waals surface area contributed by atoms with E-state index in [1.54, 1.807) is 13.3 Å². The lowest BCUT2D eigenvalue weighted by atomic mass is 10.1. The second kappa shape index (κ2) is 12.7. The molecule has 0 spiro atoms. The molecule has 0 saturated carbocycles. The molecule has 190 valence electrons. The van der Waals surface area contributed by atoms with E-state index >= 15 is 0 Å². The fraction of sp³-hybridized carbons (Fsp3) is 0.214. The summed E-state index contributed by atoms with van der Waals surface area (Å²) in [5.41, 5.74) is 6.39. The number of hydrogen-bond acceptors (Lipinski definition) is 7. The van der Waals surface area contributed by atoms with Gasteiger partial charge in [-0.25, -0.2) is 5.43 Å². The Hall–Kier alpha value is -4.11. The van der Waals surface area contributed by atoms with Gasteiger partial charge in [0.05, 0.1) is 25.7 Å². The van der Waals surface area contributed by atoms with Crippen LogP contribution in [0.2, 0.25) is 0 Å². The number of hydrogen-bond donors (Lipinski definition) is 1. The lowest BCUT2D eigenvalue weighted by Gasteiger charge is -2.11. The minimum absolute atomic E-state index is 0.128. The van der Waals surface area contributed by atoms with Crippen molar-refractivity contribution in [3.63, 3.8) is 0 Å². The maximum Gasteiger partial charge on any atom is 0.250 e. The smallest absolute Gasteiger partial charge is 0.250 e. The van der Waals surface area contributed by atoms with Gasteiger partial charge in [-0.1, -0.05) is 48.5 Å². The van der Waals surface area contributed by atoms with Crippen LogP contribution in [0.5, 0.6) is 11.5 Å². The van der Waals surface area contributed by atoms with Gasteiger partial charge < -0.3 is 9.47 Å². The molecule has 0 aliphatic carbocycles.